The topological polar surface area (TPSA) is 85.1 Å². The van der Waals surface area contributed by atoms with E-state index in [4.69, 9.17) is 10.6 Å². The summed E-state index contributed by atoms with van der Waals surface area (Å²) in [6.45, 7) is 5.99. The predicted octanol–water partition coefficient (Wildman–Crippen LogP) is 2.95. The molecule has 0 aliphatic heterocycles. The summed E-state index contributed by atoms with van der Waals surface area (Å²) in [4.78, 5) is 8.99. The number of nitrogens with zero attached hydrogens (tertiary/aromatic N) is 2. The van der Waals surface area contributed by atoms with Crippen LogP contribution in [0, 0.1) is 6.92 Å². The van der Waals surface area contributed by atoms with Crippen LogP contribution in [-0.2, 0) is 0 Å². The molecular formula is C15H21N5O. The molecule has 0 amide bonds. The Bertz CT molecular complexity index is 627. The van der Waals surface area contributed by atoms with E-state index in [9.17, 15) is 0 Å². The summed E-state index contributed by atoms with van der Waals surface area (Å²) in [6.07, 6.45) is 0. The normalized spacial score (nSPS) is 10.6. The number of benzene rings is 1. The molecule has 21 heavy (non-hydrogen) atoms. The van der Waals surface area contributed by atoms with Gasteiger partial charge < -0.3 is 15.5 Å². The van der Waals surface area contributed by atoms with Crippen LogP contribution in [0.25, 0.3) is 0 Å². The molecule has 0 aliphatic carbocycles. The maximum absolute atomic E-state index is 5.55. The lowest BCUT2D eigenvalue weighted by molar-refractivity contribution is 0.417. The highest BCUT2D eigenvalue weighted by molar-refractivity contribution is 5.68. The van der Waals surface area contributed by atoms with Gasteiger partial charge in [0, 0.05) is 11.5 Å². The third-order valence-electron chi connectivity index (χ3n) is 3.18. The second kappa shape index (κ2) is 6.41. The van der Waals surface area contributed by atoms with Crippen molar-refractivity contribution in [2.24, 2.45) is 5.84 Å². The molecule has 2 aromatic rings. The van der Waals surface area contributed by atoms with Crippen molar-refractivity contribution in [1.82, 2.24) is 9.97 Å². The Morgan fingerprint density at radius 3 is 2.43 bits per heavy atom. The lowest BCUT2D eigenvalue weighted by Crippen LogP contribution is -2.14. The second-order valence-corrected chi connectivity index (χ2v) is 5.03. The smallest absolute Gasteiger partial charge is 0.148 e. The molecule has 1 aromatic heterocycles. The zero-order chi connectivity index (χ0) is 15.4. The van der Waals surface area contributed by atoms with E-state index in [-0.39, 0.29) is 5.92 Å². The first-order valence-electron chi connectivity index (χ1n) is 6.82. The number of aromatic nitrogens is 2. The SMILES string of the molecule is COc1ccccc1Nc1nc(C(C)C)nc(NN)c1C. The van der Waals surface area contributed by atoms with E-state index >= 15 is 0 Å². The minimum Gasteiger partial charge on any atom is -0.495 e. The van der Waals surface area contributed by atoms with Crippen molar-refractivity contribution in [3.05, 3.63) is 35.7 Å². The van der Waals surface area contributed by atoms with E-state index < -0.39 is 0 Å². The van der Waals surface area contributed by atoms with Crippen molar-refractivity contribution >= 4 is 17.3 Å². The van der Waals surface area contributed by atoms with Gasteiger partial charge in [0.05, 0.1) is 12.8 Å². The van der Waals surface area contributed by atoms with Gasteiger partial charge in [-0.3, -0.25) is 0 Å². The molecule has 0 atom stereocenters. The Morgan fingerprint density at radius 2 is 1.81 bits per heavy atom. The molecule has 0 radical (unpaired) electrons. The van der Waals surface area contributed by atoms with Crippen LogP contribution >= 0.6 is 0 Å². The van der Waals surface area contributed by atoms with Gasteiger partial charge in [0.25, 0.3) is 0 Å². The Kier molecular flexibility index (Phi) is 4.59. The van der Waals surface area contributed by atoms with Gasteiger partial charge in [0.2, 0.25) is 0 Å². The van der Waals surface area contributed by atoms with E-state index in [0.717, 1.165) is 22.8 Å². The quantitative estimate of drug-likeness (QED) is 0.579. The van der Waals surface area contributed by atoms with Crippen molar-refractivity contribution < 1.29 is 4.74 Å². The van der Waals surface area contributed by atoms with E-state index in [2.05, 4.69) is 20.7 Å². The third-order valence-corrected chi connectivity index (χ3v) is 3.18. The van der Waals surface area contributed by atoms with Gasteiger partial charge >= 0.3 is 0 Å². The number of hydrogen-bond acceptors (Lipinski definition) is 6. The van der Waals surface area contributed by atoms with Crippen LogP contribution in [0.3, 0.4) is 0 Å². The van der Waals surface area contributed by atoms with E-state index in [1.165, 1.54) is 0 Å². The summed E-state index contributed by atoms with van der Waals surface area (Å²) in [5.41, 5.74) is 4.32. The van der Waals surface area contributed by atoms with Crippen LogP contribution in [0.5, 0.6) is 5.75 Å². The van der Waals surface area contributed by atoms with Crippen molar-refractivity contribution in [1.29, 1.82) is 0 Å². The van der Waals surface area contributed by atoms with Crippen molar-refractivity contribution in [2.75, 3.05) is 17.9 Å². The molecule has 6 nitrogen and oxygen atoms in total. The number of nitrogen functional groups attached to an aromatic ring is 1. The number of ether oxygens (including phenoxy) is 1. The number of hydrogen-bond donors (Lipinski definition) is 3. The molecule has 0 fully saturated rings. The fraction of sp³-hybridized carbons (Fsp3) is 0.333. The summed E-state index contributed by atoms with van der Waals surface area (Å²) in [5, 5.41) is 3.29. The first kappa shape index (κ1) is 15.1. The van der Waals surface area contributed by atoms with Gasteiger partial charge in [-0.2, -0.15) is 0 Å². The van der Waals surface area contributed by atoms with Gasteiger partial charge in [-0.15, -0.1) is 0 Å². The van der Waals surface area contributed by atoms with Gasteiger partial charge in [-0.25, -0.2) is 15.8 Å². The molecule has 112 valence electrons. The molecule has 0 spiro atoms. The Balaban J connectivity index is 2.45. The molecule has 0 saturated heterocycles. The standard InChI is InChI=1S/C15H21N5O/c1-9(2)13-18-14(10(3)15(19-13)20-16)17-11-7-5-6-8-12(11)21-4/h5-9H,16H2,1-4H3,(H2,17,18,19,20). The van der Waals surface area contributed by atoms with Crippen LogP contribution in [0.1, 0.15) is 31.2 Å². The predicted molar refractivity (Wildman–Crippen MR) is 84.9 cm³/mol. The van der Waals surface area contributed by atoms with E-state index in [0.29, 0.717) is 11.6 Å². The maximum Gasteiger partial charge on any atom is 0.148 e. The van der Waals surface area contributed by atoms with Crippen LogP contribution in [0.4, 0.5) is 17.3 Å². The average Bonchev–Trinajstić information content (AvgIpc) is 2.49. The molecule has 0 unspecified atom stereocenters. The Hall–Kier alpha value is -2.34. The van der Waals surface area contributed by atoms with Crippen molar-refractivity contribution in [3.8, 4) is 5.75 Å². The van der Waals surface area contributed by atoms with Crippen molar-refractivity contribution in [2.45, 2.75) is 26.7 Å². The molecule has 0 bridgehead atoms. The zero-order valence-corrected chi connectivity index (χ0v) is 12.8. The fourth-order valence-corrected chi connectivity index (χ4v) is 1.93. The highest BCUT2D eigenvalue weighted by Crippen LogP contribution is 2.30. The zero-order valence-electron chi connectivity index (χ0n) is 12.8. The number of hydrazine groups is 1. The first-order valence-corrected chi connectivity index (χ1v) is 6.82. The monoisotopic (exact) mass is 287 g/mol. The minimum atomic E-state index is 0.205. The van der Waals surface area contributed by atoms with Gasteiger partial charge in [0.15, 0.2) is 0 Å². The summed E-state index contributed by atoms with van der Waals surface area (Å²) in [6, 6.07) is 7.69. The summed E-state index contributed by atoms with van der Waals surface area (Å²) in [5.74, 6) is 8.56. The van der Waals surface area contributed by atoms with Crippen molar-refractivity contribution in [3.63, 3.8) is 0 Å². The number of nitrogens with two attached hydrogens (primary N) is 1. The van der Waals surface area contributed by atoms with Crippen LogP contribution in [0.15, 0.2) is 24.3 Å². The second-order valence-electron chi connectivity index (χ2n) is 5.03. The van der Waals surface area contributed by atoms with Gasteiger partial charge in [-0.1, -0.05) is 26.0 Å². The summed E-state index contributed by atoms with van der Waals surface area (Å²) in [7, 11) is 1.64. The highest BCUT2D eigenvalue weighted by Gasteiger charge is 2.13. The Morgan fingerprint density at radius 1 is 1.14 bits per heavy atom. The number of nitrogens with one attached hydrogen (secondary N) is 2. The highest BCUT2D eigenvalue weighted by atomic mass is 16.5. The average molecular weight is 287 g/mol. The molecule has 1 heterocycles. The van der Waals surface area contributed by atoms with Crippen LogP contribution < -0.4 is 21.3 Å². The van der Waals surface area contributed by atoms with Gasteiger partial charge in [0.1, 0.15) is 23.2 Å². The molecule has 6 heteroatoms. The largest absolute Gasteiger partial charge is 0.495 e. The fourth-order valence-electron chi connectivity index (χ4n) is 1.93. The van der Waals surface area contributed by atoms with E-state index in [1.54, 1.807) is 7.11 Å². The van der Waals surface area contributed by atoms with E-state index in [1.807, 2.05) is 45.0 Å². The molecule has 0 saturated carbocycles. The molecule has 0 aliphatic rings. The summed E-state index contributed by atoms with van der Waals surface area (Å²) < 4.78 is 5.35. The molecular weight excluding hydrogens is 266 g/mol. The number of rotatable bonds is 5. The lowest BCUT2D eigenvalue weighted by atomic mass is 10.2. The molecule has 4 N–H and O–H groups in total. The van der Waals surface area contributed by atoms with Gasteiger partial charge in [-0.05, 0) is 19.1 Å². The van der Waals surface area contributed by atoms with Crippen LogP contribution in [0.2, 0.25) is 0 Å². The number of anilines is 3. The molecule has 2 rings (SSSR count). The Labute approximate surface area is 124 Å². The number of para-hydroxylation sites is 2. The first-order chi connectivity index (χ1) is 10.1. The number of methoxy groups -OCH3 is 1. The minimum absolute atomic E-state index is 0.205. The molecule has 1 aromatic carbocycles. The third kappa shape index (κ3) is 3.22. The summed E-state index contributed by atoms with van der Waals surface area (Å²) >= 11 is 0. The lowest BCUT2D eigenvalue weighted by Gasteiger charge is -2.16. The maximum atomic E-state index is 5.55. The van der Waals surface area contributed by atoms with Crippen LogP contribution in [-0.4, -0.2) is 17.1 Å².